The van der Waals surface area contributed by atoms with E-state index in [1.165, 1.54) is 17.0 Å². The summed E-state index contributed by atoms with van der Waals surface area (Å²) < 4.78 is 32.3. The van der Waals surface area contributed by atoms with Crippen molar-refractivity contribution in [2.75, 3.05) is 13.7 Å². The highest BCUT2D eigenvalue weighted by Gasteiger charge is 2.63. The normalized spacial score (nSPS) is 24.7. The molecule has 24 heavy (non-hydrogen) atoms. The summed E-state index contributed by atoms with van der Waals surface area (Å²) in [4.78, 5) is 14.1. The van der Waals surface area contributed by atoms with Gasteiger partial charge in [0, 0.05) is 43.7 Å². The van der Waals surface area contributed by atoms with Gasteiger partial charge in [-0.15, -0.1) is 12.4 Å². The van der Waals surface area contributed by atoms with Gasteiger partial charge in [0.25, 0.3) is 0 Å². The molecule has 0 radical (unpaired) electrons. The van der Waals surface area contributed by atoms with Crippen molar-refractivity contribution < 1.29 is 18.3 Å². The minimum absolute atomic E-state index is 0. The summed E-state index contributed by atoms with van der Waals surface area (Å²) in [5.41, 5.74) is 5.04. The molecule has 1 fully saturated rings. The first-order valence-corrected chi connectivity index (χ1v) is 7.73. The third-order valence-electron chi connectivity index (χ3n) is 4.98. The highest BCUT2D eigenvalue weighted by atomic mass is 35.5. The Morgan fingerprint density at radius 3 is 2.54 bits per heavy atom. The molecule has 7 heteroatoms. The molecule has 2 rings (SSSR count). The lowest BCUT2D eigenvalue weighted by molar-refractivity contribution is -0.178. The van der Waals surface area contributed by atoms with Crippen LogP contribution < -0.4 is 5.73 Å². The van der Waals surface area contributed by atoms with Gasteiger partial charge in [0.2, 0.25) is 5.91 Å². The molecule has 1 saturated carbocycles. The van der Waals surface area contributed by atoms with E-state index < -0.39 is 22.6 Å². The van der Waals surface area contributed by atoms with Crippen LogP contribution in [0.4, 0.5) is 8.78 Å². The smallest absolute Gasteiger partial charge is 0.243 e. The van der Waals surface area contributed by atoms with Crippen LogP contribution in [0.1, 0.15) is 32.8 Å². The molecule has 1 aliphatic rings. The number of amides is 1. The molecule has 0 spiro atoms. The molecule has 1 aromatic carbocycles. The second-order valence-electron chi connectivity index (χ2n) is 6.74. The lowest BCUT2D eigenvalue weighted by atomic mass is 9.54. The molecule has 0 heterocycles. The zero-order valence-electron chi connectivity index (χ0n) is 14.4. The fourth-order valence-electron chi connectivity index (χ4n) is 3.12. The van der Waals surface area contributed by atoms with E-state index in [1.54, 1.807) is 7.05 Å². The number of carbonyl (C=O) groups excluding carboxylic acids is 1. The lowest BCUT2D eigenvalue weighted by Gasteiger charge is -2.58. The third kappa shape index (κ3) is 3.41. The summed E-state index contributed by atoms with van der Waals surface area (Å²) in [5.74, 6) is -1.58. The zero-order valence-corrected chi connectivity index (χ0v) is 15.3. The van der Waals surface area contributed by atoms with Crippen molar-refractivity contribution in [1.29, 1.82) is 0 Å². The van der Waals surface area contributed by atoms with Crippen LogP contribution in [0.2, 0.25) is 0 Å². The van der Waals surface area contributed by atoms with Crippen LogP contribution in [-0.4, -0.2) is 36.1 Å². The average molecular weight is 363 g/mol. The SMILES string of the molecule is CCOC1CC(N)(C(=O)N(C)Cc2ccc(F)cc2F)C1(C)C.Cl. The van der Waals surface area contributed by atoms with Crippen LogP contribution in [0.15, 0.2) is 18.2 Å². The first kappa shape index (κ1) is 20.8. The minimum Gasteiger partial charge on any atom is -0.378 e. The van der Waals surface area contributed by atoms with Crippen LogP contribution in [0.25, 0.3) is 0 Å². The van der Waals surface area contributed by atoms with Gasteiger partial charge in [-0.2, -0.15) is 0 Å². The van der Waals surface area contributed by atoms with Crippen LogP contribution in [0.3, 0.4) is 0 Å². The van der Waals surface area contributed by atoms with Crippen LogP contribution in [-0.2, 0) is 16.1 Å². The van der Waals surface area contributed by atoms with Gasteiger partial charge in [-0.05, 0) is 13.0 Å². The van der Waals surface area contributed by atoms with Gasteiger partial charge >= 0.3 is 0 Å². The van der Waals surface area contributed by atoms with Crippen molar-refractivity contribution in [2.24, 2.45) is 11.1 Å². The summed E-state index contributed by atoms with van der Waals surface area (Å²) in [6.07, 6.45) is 0.362. The Bertz CT molecular complexity index is 612. The second-order valence-corrected chi connectivity index (χ2v) is 6.74. The quantitative estimate of drug-likeness (QED) is 0.876. The molecule has 2 N–H and O–H groups in total. The van der Waals surface area contributed by atoms with Crippen molar-refractivity contribution >= 4 is 18.3 Å². The maximum absolute atomic E-state index is 13.8. The van der Waals surface area contributed by atoms with Crippen LogP contribution in [0.5, 0.6) is 0 Å². The highest BCUT2D eigenvalue weighted by molar-refractivity contribution is 5.88. The predicted octanol–water partition coefficient (Wildman–Crippen LogP) is 2.88. The number of hydrogen-bond acceptors (Lipinski definition) is 3. The number of rotatable bonds is 5. The molecule has 2 unspecified atom stereocenters. The fraction of sp³-hybridized carbons (Fsp3) is 0.588. The van der Waals surface area contributed by atoms with Gasteiger partial charge in [-0.1, -0.05) is 19.9 Å². The molecule has 0 aromatic heterocycles. The van der Waals surface area contributed by atoms with E-state index >= 15 is 0 Å². The lowest BCUT2D eigenvalue weighted by Crippen LogP contribution is -2.75. The Morgan fingerprint density at radius 2 is 2.04 bits per heavy atom. The van der Waals surface area contributed by atoms with E-state index in [0.717, 1.165) is 6.07 Å². The van der Waals surface area contributed by atoms with Gasteiger partial charge < -0.3 is 15.4 Å². The molecule has 1 aromatic rings. The summed E-state index contributed by atoms with van der Waals surface area (Å²) >= 11 is 0. The van der Waals surface area contributed by atoms with E-state index in [1.807, 2.05) is 20.8 Å². The molecule has 136 valence electrons. The van der Waals surface area contributed by atoms with E-state index in [-0.39, 0.29) is 36.5 Å². The largest absolute Gasteiger partial charge is 0.378 e. The number of benzene rings is 1. The van der Waals surface area contributed by atoms with E-state index in [9.17, 15) is 13.6 Å². The molecule has 4 nitrogen and oxygen atoms in total. The molecule has 2 atom stereocenters. The van der Waals surface area contributed by atoms with Crippen molar-refractivity contribution in [2.45, 2.75) is 45.4 Å². The Hall–Kier alpha value is -1.24. The Labute approximate surface area is 147 Å². The molecule has 0 saturated heterocycles. The van der Waals surface area contributed by atoms with Gasteiger partial charge in [0.1, 0.15) is 17.2 Å². The summed E-state index contributed by atoms with van der Waals surface area (Å²) in [6, 6.07) is 3.32. The maximum Gasteiger partial charge on any atom is 0.243 e. The fourth-order valence-corrected chi connectivity index (χ4v) is 3.12. The summed E-state index contributed by atoms with van der Waals surface area (Å²) in [5, 5.41) is 0. The number of hydrogen-bond donors (Lipinski definition) is 1. The monoisotopic (exact) mass is 362 g/mol. The third-order valence-corrected chi connectivity index (χ3v) is 4.98. The van der Waals surface area contributed by atoms with E-state index in [2.05, 4.69) is 0 Å². The van der Waals surface area contributed by atoms with Crippen LogP contribution in [0, 0.1) is 17.0 Å². The predicted molar refractivity (Wildman–Crippen MR) is 90.8 cm³/mol. The maximum atomic E-state index is 13.8. The Kier molecular flexibility index (Phi) is 6.36. The minimum atomic E-state index is -1.04. The zero-order chi connectivity index (χ0) is 17.4. The van der Waals surface area contributed by atoms with Crippen molar-refractivity contribution in [1.82, 2.24) is 4.90 Å². The molecule has 0 aliphatic heterocycles. The number of nitrogens with two attached hydrogens (primary N) is 1. The Morgan fingerprint density at radius 1 is 1.42 bits per heavy atom. The number of nitrogens with zero attached hydrogens (tertiary/aromatic N) is 1. The van der Waals surface area contributed by atoms with Crippen molar-refractivity contribution in [3.63, 3.8) is 0 Å². The van der Waals surface area contributed by atoms with Crippen molar-refractivity contribution in [3.05, 3.63) is 35.4 Å². The first-order chi connectivity index (χ1) is 10.6. The number of carbonyl (C=O) groups is 1. The number of ether oxygens (including phenoxy) is 1. The number of halogens is 3. The summed E-state index contributed by atoms with van der Waals surface area (Å²) in [6.45, 7) is 6.31. The average Bonchev–Trinajstić information content (AvgIpc) is 2.48. The molecular formula is C17H25ClF2N2O2. The van der Waals surface area contributed by atoms with Gasteiger partial charge in [0.15, 0.2) is 0 Å². The standard InChI is InChI=1S/C17H24F2N2O2.ClH/c1-5-23-14-9-17(20,16(14,2)3)15(22)21(4)10-11-6-7-12(18)8-13(11)19;/h6-8,14H,5,9-10,20H2,1-4H3;1H. The van der Waals surface area contributed by atoms with Gasteiger partial charge in [-0.25, -0.2) is 8.78 Å². The molecule has 1 aliphatic carbocycles. The van der Waals surface area contributed by atoms with E-state index in [0.29, 0.717) is 13.0 Å². The van der Waals surface area contributed by atoms with Gasteiger partial charge in [-0.3, -0.25) is 4.79 Å². The first-order valence-electron chi connectivity index (χ1n) is 7.73. The Balaban J connectivity index is 0.00000288. The van der Waals surface area contributed by atoms with Gasteiger partial charge in [0.05, 0.1) is 6.10 Å². The molecule has 1 amide bonds. The van der Waals surface area contributed by atoms with E-state index in [4.69, 9.17) is 10.5 Å². The number of likely N-dealkylation sites (N-methyl/N-ethyl adjacent to an activating group) is 1. The summed E-state index contributed by atoms with van der Waals surface area (Å²) in [7, 11) is 1.57. The second kappa shape index (κ2) is 7.33. The topological polar surface area (TPSA) is 55.6 Å². The molecule has 0 bridgehead atoms. The van der Waals surface area contributed by atoms with Crippen LogP contribution >= 0.6 is 12.4 Å². The highest BCUT2D eigenvalue weighted by Crippen LogP contribution is 2.50. The van der Waals surface area contributed by atoms with Crippen molar-refractivity contribution in [3.8, 4) is 0 Å². The molecular weight excluding hydrogens is 338 g/mol.